The van der Waals surface area contributed by atoms with Crippen LogP contribution in [0.2, 0.25) is 0 Å². The van der Waals surface area contributed by atoms with E-state index in [9.17, 15) is 25.2 Å². The smallest absolute Gasteiger partial charge is 0.249 e. The number of aliphatic hydroxyl groups is 4. The van der Waals surface area contributed by atoms with E-state index in [0.717, 1.165) is 32.1 Å². The van der Waals surface area contributed by atoms with Crippen LogP contribution in [-0.4, -0.2) is 57.3 Å². The molecule has 0 bridgehead atoms. The summed E-state index contributed by atoms with van der Waals surface area (Å²) >= 11 is 0. The third-order valence-electron chi connectivity index (χ3n) is 8.31. The number of allylic oxidation sites excluding steroid dienone is 6. The first-order valence-electron chi connectivity index (χ1n) is 18.4. The van der Waals surface area contributed by atoms with Gasteiger partial charge in [0.1, 0.15) is 12.2 Å². The molecule has 0 saturated carbocycles. The van der Waals surface area contributed by atoms with Gasteiger partial charge >= 0.3 is 0 Å². The minimum atomic E-state index is -1.30. The lowest BCUT2D eigenvalue weighted by molar-refractivity contribution is -0.132. The van der Waals surface area contributed by atoms with Crippen LogP contribution in [0, 0.1) is 0 Å². The van der Waals surface area contributed by atoms with Gasteiger partial charge in [-0.25, -0.2) is 0 Å². The van der Waals surface area contributed by atoms with Crippen molar-refractivity contribution in [2.45, 2.75) is 192 Å². The fourth-order valence-corrected chi connectivity index (χ4v) is 5.30. The van der Waals surface area contributed by atoms with Gasteiger partial charge in [-0.05, 0) is 70.6 Å². The lowest BCUT2D eigenvalue weighted by Crippen LogP contribution is -2.53. The number of amides is 1. The summed E-state index contributed by atoms with van der Waals surface area (Å²) in [6.45, 7) is 3.94. The molecule has 44 heavy (non-hydrogen) atoms. The average molecular weight is 622 g/mol. The van der Waals surface area contributed by atoms with Gasteiger partial charge in [0.25, 0.3) is 0 Å². The van der Waals surface area contributed by atoms with E-state index in [1.54, 1.807) is 0 Å². The first-order chi connectivity index (χ1) is 21.5. The van der Waals surface area contributed by atoms with E-state index in [1.165, 1.54) is 96.3 Å². The zero-order valence-corrected chi connectivity index (χ0v) is 28.6. The fraction of sp³-hybridized carbons (Fsp3) is 0.816. The number of nitrogens with one attached hydrogen (secondary N) is 1. The van der Waals surface area contributed by atoms with E-state index >= 15 is 0 Å². The number of carbonyl (C=O) groups is 1. The molecule has 6 nitrogen and oxygen atoms in total. The van der Waals surface area contributed by atoms with Crippen LogP contribution >= 0.6 is 0 Å². The van der Waals surface area contributed by atoms with Gasteiger partial charge in [0, 0.05) is 0 Å². The maximum Gasteiger partial charge on any atom is 0.249 e. The average Bonchev–Trinajstić information content (AvgIpc) is 3.03. The molecular weight excluding hydrogens is 550 g/mol. The maximum atomic E-state index is 12.3. The van der Waals surface area contributed by atoms with Gasteiger partial charge in [0.2, 0.25) is 5.91 Å². The second kappa shape index (κ2) is 32.9. The van der Waals surface area contributed by atoms with Crippen molar-refractivity contribution in [1.82, 2.24) is 5.32 Å². The SMILES string of the molecule is CCCCCC/C=C\CCC(O)C(=O)NC(CO)C(O)C(O)CCC/C=C/CC/C=C/CCCCCCCCCCCCC. The molecule has 0 aromatic carbocycles. The number of hydrogen-bond donors (Lipinski definition) is 5. The summed E-state index contributed by atoms with van der Waals surface area (Å²) in [6.07, 6.45) is 36.2. The molecule has 0 spiro atoms. The molecule has 1 amide bonds. The Bertz CT molecular complexity index is 707. The first kappa shape index (κ1) is 42.5. The molecule has 6 heteroatoms. The Morgan fingerprint density at radius 2 is 0.955 bits per heavy atom. The van der Waals surface area contributed by atoms with Crippen LogP contribution < -0.4 is 5.32 Å². The molecule has 0 aliphatic rings. The van der Waals surface area contributed by atoms with Crippen molar-refractivity contribution in [3.05, 3.63) is 36.5 Å². The normalized spacial score (nSPS) is 15.0. The summed E-state index contributed by atoms with van der Waals surface area (Å²) < 4.78 is 0. The Morgan fingerprint density at radius 1 is 0.545 bits per heavy atom. The number of rotatable bonds is 32. The van der Waals surface area contributed by atoms with Crippen LogP contribution in [-0.2, 0) is 4.79 Å². The molecule has 0 aromatic heterocycles. The summed E-state index contributed by atoms with van der Waals surface area (Å²) in [6, 6.07) is -1.02. The van der Waals surface area contributed by atoms with Gasteiger partial charge in [0.05, 0.1) is 18.8 Å². The van der Waals surface area contributed by atoms with Gasteiger partial charge in [-0.3, -0.25) is 4.79 Å². The van der Waals surface area contributed by atoms with Crippen LogP contribution in [0.15, 0.2) is 36.5 Å². The second-order valence-corrected chi connectivity index (χ2v) is 12.5. The number of carbonyl (C=O) groups excluding carboxylic acids is 1. The minimum absolute atomic E-state index is 0.273. The third kappa shape index (κ3) is 26.9. The number of hydrogen-bond acceptors (Lipinski definition) is 5. The van der Waals surface area contributed by atoms with E-state index in [-0.39, 0.29) is 6.42 Å². The molecule has 0 rings (SSSR count). The largest absolute Gasteiger partial charge is 0.394 e. The van der Waals surface area contributed by atoms with Crippen LogP contribution in [0.4, 0.5) is 0 Å². The van der Waals surface area contributed by atoms with E-state index in [1.807, 2.05) is 6.08 Å². The van der Waals surface area contributed by atoms with Crippen molar-refractivity contribution in [1.29, 1.82) is 0 Å². The highest BCUT2D eigenvalue weighted by Gasteiger charge is 2.28. The second-order valence-electron chi connectivity index (χ2n) is 12.5. The summed E-state index contributed by atoms with van der Waals surface area (Å²) in [7, 11) is 0. The molecule has 0 radical (unpaired) electrons. The van der Waals surface area contributed by atoms with Crippen molar-refractivity contribution in [2.24, 2.45) is 0 Å². The third-order valence-corrected chi connectivity index (χ3v) is 8.31. The van der Waals surface area contributed by atoms with E-state index in [4.69, 9.17) is 0 Å². The molecule has 0 heterocycles. The zero-order valence-electron chi connectivity index (χ0n) is 28.6. The topological polar surface area (TPSA) is 110 Å². The van der Waals surface area contributed by atoms with Crippen molar-refractivity contribution in [2.75, 3.05) is 6.61 Å². The highest BCUT2D eigenvalue weighted by atomic mass is 16.3. The lowest BCUT2D eigenvalue weighted by atomic mass is 10.0. The van der Waals surface area contributed by atoms with Gasteiger partial charge in [-0.2, -0.15) is 0 Å². The van der Waals surface area contributed by atoms with Crippen LogP contribution in [0.5, 0.6) is 0 Å². The predicted octanol–water partition coefficient (Wildman–Crippen LogP) is 8.62. The summed E-state index contributed by atoms with van der Waals surface area (Å²) in [5.41, 5.74) is 0. The Labute approximate surface area is 271 Å². The van der Waals surface area contributed by atoms with E-state index in [2.05, 4.69) is 49.5 Å². The summed E-state index contributed by atoms with van der Waals surface area (Å²) in [5, 5.41) is 43.1. The Balaban J connectivity index is 3.87. The highest BCUT2D eigenvalue weighted by Crippen LogP contribution is 2.13. The molecule has 4 atom stereocenters. The van der Waals surface area contributed by atoms with Gasteiger partial charge < -0.3 is 25.7 Å². The van der Waals surface area contributed by atoms with Crippen LogP contribution in [0.1, 0.15) is 168 Å². The monoisotopic (exact) mass is 622 g/mol. The zero-order chi connectivity index (χ0) is 32.5. The Morgan fingerprint density at radius 3 is 1.45 bits per heavy atom. The molecular formula is C38H71NO5. The molecule has 0 aliphatic carbocycles. The Kier molecular flexibility index (Phi) is 31.8. The molecule has 5 N–H and O–H groups in total. The maximum absolute atomic E-state index is 12.3. The number of unbranched alkanes of at least 4 members (excludes halogenated alkanes) is 17. The summed E-state index contributed by atoms with van der Waals surface area (Å²) in [5.74, 6) is -0.637. The molecule has 0 saturated heterocycles. The molecule has 0 aromatic rings. The highest BCUT2D eigenvalue weighted by molar-refractivity contribution is 5.80. The molecule has 0 fully saturated rings. The van der Waals surface area contributed by atoms with Crippen molar-refractivity contribution >= 4 is 5.91 Å². The van der Waals surface area contributed by atoms with Gasteiger partial charge in [-0.1, -0.05) is 134 Å². The van der Waals surface area contributed by atoms with Crippen molar-refractivity contribution in [3.63, 3.8) is 0 Å². The van der Waals surface area contributed by atoms with E-state index < -0.39 is 36.9 Å². The van der Waals surface area contributed by atoms with Crippen LogP contribution in [0.3, 0.4) is 0 Å². The molecule has 4 unspecified atom stereocenters. The first-order valence-corrected chi connectivity index (χ1v) is 18.4. The molecule has 0 aliphatic heterocycles. The quantitative estimate of drug-likeness (QED) is 0.0382. The van der Waals surface area contributed by atoms with Crippen LogP contribution in [0.25, 0.3) is 0 Å². The van der Waals surface area contributed by atoms with Crippen molar-refractivity contribution < 1.29 is 25.2 Å². The number of aliphatic hydroxyl groups excluding tert-OH is 4. The van der Waals surface area contributed by atoms with Gasteiger partial charge in [0.15, 0.2) is 0 Å². The van der Waals surface area contributed by atoms with E-state index in [0.29, 0.717) is 19.3 Å². The minimum Gasteiger partial charge on any atom is -0.394 e. The Hall–Kier alpha value is -1.47. The van der Waals surface area contributed by atoms with Gasteiger partial charge in [-0.15, -0.1) is 0 Å². The van der Waals surface area contributed by atoms with Crippen molar-refractivity contribution in [3.8, 4) is 0 Å². The standard InChI is InChI=1S/C38H71NO5/c1-3-5-7-9-11-13-14-15-16-17-18-19-20-21-22-23-24-26-27-29-31-35(41)37(43)34(33-40)39-38(44)36(42)32-30-28-25-12-10-8-6-4-2/h20-21,24-26,28,34-37,40-43H,3-19,22-23,27,29-33H2,1-2H3,(H,39,44)/b21-20+,26-24+,28-25-. The predicted molar refractivity (Wildman–Crippen MR) is 187 cm³/mol. The summed E-state index contributed by atoms with van der Waals surface area (Å²) in [4.78, 5) is 12.3. The fourth-order valence-electron chi connectivity index (χ4n) is 5.30. The molecule has 258 valence electrons. The lowest BCUT2D eigenvalue weighted by Gasteiger charge is -2.27.